The van der Waals surface area contributed by atoms with Gasteiger partial charge in [-0.2, -0.15) is 5.10 Å². The number of hydrogen-bond acceptors (Lipinski definition) is 3. The summed E-state index contributed by atoms with van der Waals surface area (Å²) in [7, 11) is 0. The van der Waals surface area contributed by atoms with Crippen LogP contribution in [0.25, 0.3) is 0 Å². The second kappa shape index (κ2) is 7.17. The van der Waals surface area contributed by atoms with Crippen molar-refractivity contribution < 1.29 is 14.7 Å². The summed E-state index contributed by atoms with van der Waals surface area (Å²) in [6.45, 7) is 1.20. The van der Waals surface area contributed by atoms with Crippen molar-refractivity contribution >= 4 is 27.8 Å². The SMILES string of the molecule is O=C(O)[C@@H]1CN(C(=O)CCn2cccn2)C[C@H]1c1ccc(Br)cc1. The largest absolute Gasteiger partial charge is 0.481 e. The lowest BCUT2D eigenvalue weighted by molar-refractivity contribution is -0.141. The number of carbonyl (C=O) groups excluding carboxylic acids is 1. The highest BCUT2D eigenvalue weighted by atomic mass is 79.9. The van der Waals surface area contributed by atoms with Gasteiger partial charge in [-0.1, -0.05) is 28.1 Å². The number of nitrogens with zero attached hydrogens (tertiary/aromatic N) is 3. The maximum Gasteiger partial charge on any atom is 0.308 e. The van der Waals surface area contributed by atoms with Gasteiger partial charge < -0.3 is 10.0 Å². The van der Waals surface area contributed by atoms with Crippen LogP contribution in [0.2, 0.25) is 0 Å². The minimum Gasteiger partial charge on any atom is -0.481 e. The van der Waals surface area contributed by atoms with E-state index in [1.54, 1.807) is 15.8 Å². The number of amides is 1. The number of carbonyl (C=O) groups is 2. The predicted octanol–water partition coefficient (Wildman–Crippen LogP) is 2.36. The Kier molecular flexibility index (Phi) is 4.99. The van der Waals surface area contributed by atoms with Gasteiger partial charge in [0, 0.05) is 48.8 Å². The van der Waals surface area contributed by atoms with Crippen molar-refractivity contribution in [3.05, 3.63) is 52.8 Å². The molecule has 3 rings (SSSR count). The third-order valence-electron chi connectivity index (χ3n) is 4.40. The Morgan fingerprint density at radius 2 is 2.00 bits per heavy atom. The van der Waals surface area contributed by atoms with E-state index >= 15 is 0 Å². The molecule has 1 aromatic heterocycles. The van der Waals surface area contributed by atoms with E-state index in [-0.39, 0.29) is 18.4 Å². The smallest absolute Gasteiger partial charge is 0.308 e. The summed E-state index contributed by atoms with van der Waals surface area (Å²) in [5.74, 6) is -1.63. The summed E-state index contributed by atoms with van der Waals surface area (Å²) in [5.41, 5.74) is 0.952. The van der Waals surface area contributed by atoms with E-state index in [0.29, 0.717) is 19.5 Å². The molecule has 1 fully saturated rings. The van der Waals surface area contributed by atoms with Crippen LogP contribution in [0, 0.1) is 5.92 Å². The first-order chi connectivity index (χ1) is 11.5. The van der Waals surface area contributed by atoms with Crippen LogP contribution in [-0.2, 0) is 16.1 Å². The number of halogens is 1. The van der Waals surface area contributed by atoms with Gasteiger partial charge >= 0.3 is 5.97 Å². The molecule has 2 heterocycles. The second-order valence-corrected chi connectivity index (χ2v) is 6.84. The molecule has 0 unspecified atom stereocenters. The fourth-order valence-electron chi connectivity index (χ4n) is 3.11. The Balaban J connectivity index is 1.68. The van der Waals surface area contributed by atoms with Gasteiger partial charge in [0.05, 0.1) is 5.92 Å². The Bertz CT molecular complexity index is 715. The Morgan fingerprint density at radius 3 is 2.62 bits per heavy atom. The molecule has 1 saturated heterocycles. The molecule has 0 aliphatic carbocycles. The number of carboxylic acids is 1. The van der Waals surface area contributed by atoms with Gasteiger partial charge in [0.15, 0.2) is 0 Å². The summed E-state index contributed by atoms with van der Waals surface area (Å²) in [5, 5.41) is 13.6. The summed E-state index contributed by atoms with van der Waals surface area (Å²) in [6, 6.07) is 9.45. The van der Waals surface area contributed by atoms with Crippen LogP contribution in [0.1, 0.15) is 17.9 Å². The molecule has 1 amide bonds. The number of aliphatic carboxylic acids is 1. The number of aromatic nitrogens is 2. The van der Waals surface area contributed by atoms with Gasteiger partial charge in [-0.3, -0.25) is 14.3 Å². The van der Waals surface area contributed by atoms with Crippen molar-refractivity contribution in [1.82, 2.24) is 14.7 Å². The average molecular weight is 392 g/mol. The minimum atomic E-state index is -0.856. The Labute approximate surface area is 148 Å². The maximum atomic E-state index is 12.4. The topological polar surface area (TPSA) is 75.4 Å². The molecule has 24 heavy (non-hydrogen) atoms. The number of hydrogen-bond donors (Lipinski definition) is 1. The summed E-state index contributed by atoms with van der Waals surface area (Å²) >= 11 is 3.38. The van der Waals surface area contributed by atoms with Crippen LogP contribution in [0.3, 0.4) is 0 Å². The maximum absolute atomic E-state index is 12.4. The highest BCUT2D eigenvalue weighted by Gasteiger charge is 2.40. The molecule has 1 aliphatic rings. The number of rotatable bonds is 5. The molecule has 1 aliphatic heterocycles. The number of aryl methyl sites for hydroxylation is 1. The van der Waals surface area contributed by atoms with Crippen molar-refractivity contribution in [2.75, 3.05) is 13.1 Å². The van der Waals surface area contributed by atoms with E-state index in [4.69, 9.17) is 0 Å². The van der Waals surface area contributed by atoms with Crippen LogP contribution in [-0.4, -0.2) is 44.8 Å². The monoisotopic (exact) mass is 391 g/mol. The van der Waals surface area contributed by atoms with Gasteiger partial charge in [-0.05, 0) is 23.8 Å². The molecule has 0 bridgehead atoms. The zero-order valence-corrected chi connectivity index (χ0v) is 14.6. The highest BCUT2D eigenvalue weighted by Crippen LogP contribution is 2.33. The first kappa shape index (κ1) is 16.7. The van der Waals surface area contributed by atoms with Crippen LogP contribution in [0.15, 0.2) is 47.2 Å². The minimum absolute atomic E-state index is 0.0311. The van der Waals surface area contributed by atoms with Gasteiger partial charge in [-0.15, -0.1) is 0 Å². The number of likely N-dealkylation sites (tertiary alicyclic amines) is 1. The van der Waals surface area contributed by atoms with E-state index in [9.17, 15) is 14.7 Å². The summed E-state index contributed by atoms with van der Waals surface area (Å²) < 4.78 is 2.65. The van der Waals surface area contributed by atoms with Crippen LogP contribution >= 0.6 is 15.9 Å². The van der Waals surface area contributed by atoms with Crippen molar-refractivity contribution in [1.29, 1.82) is 0 Å². The molecule has 1 N–H and O–H groups in total. The molecular weight excluding hydrogens is 374 g/mol. The van der Waals surface area contributed by atoms with Gasteiger partial charge in [0.2, 0.25) is 5.91 Å². The molecule has 1 aromatic carbocycles. The third-order valence-corrected chi connectivity index (χ3v) is 4.93. The first-order valence-corrected chi connectivity index (χ1v) is 8.57. The molecule has 2 atom stereocenters. The molecule has 0 radical (unpaired) electrons. The van der Waals surface area contributed by atoms with Gasteiger partial charge in [0.25, 0.3) is 0 Å². The average Bonchev–Trinajstić information content (AvgIpc) is 3.23. The van der Waals surface area contributed by atoms with E-state index in [1.807, 2.05) is 36.5 Å². The number of carboxylic acid groups (broad SMARTS) is 1. The highest BCUT2D eigenvalue weighted by molar-refractivity contribution is 9.10. The molecule has 7 heteroatoms. The zero-order chi connectivity index (χ0) is 17.1. The molecular formula is C17H18BrN3O3. The molecule has 0 spiro atoms. The van der Waals surface area contributed by atoms with Crippen molar-refractivity contribution in [2.45, 2.75) is 18.9 Å². The first-order valence-electron chi connectivity index (χ1n) is 7.78. The second-order valence-electron chi connectivity index (χ2n) is 5.92. The Hall–Kier alpha value is -2.15. The Morgan fingerprint density at radius 1 is 1.25 bits per heavy atom. The van der Waals surface area contributed by atoms with Crippen molar-refractivity contribution in [3.8, 4) is 0 Å². The van der Waals surface area contributed by atoms with E-state index in [1.165, 1.54) is 0 Å². The summed E-state index contributed by atoms with van der Waals surface area (Å²) in [4.78, 5) is 25.7. The van der Waals surface area contributed by atoms with Crippen molar-refractivity contribution in [2.24, 2.45) is 5.92 Å². The standard InChI is InChI=1S/C17H18BrN3O3/c18-13-4-2-12(3-5-13)14-10-20(11-15(14)17(23)24)16(22)6-9-21-8-1-7-19-21/h1-5,7-8,14-15H,6,9-11H2,(H,23,24)/t14-,15+/m0/s1. The molecule has 126 valence electrons. The summed E-state index contributed by atoms with van der Waals surface area (Å²) in [6.07, 6.45) is 3.80. The van der Waals surface area contributed by atoms with Gasteiger partial charge in [-0.25, -0.2) is 0 Å². The van der Waals surface area contributed by atoms with Crippen LogP contribution in [0.5, 0.6) is 0 Å². The van der Waals surface area contributed by atoms with Crippen LogP contribution in [0.4, 0.5) is 0 Å². The zero-order valence-electron chi connectivity index (χ0n) is 13.0. The predicted molar refractivity (Wildman–Crippen MR) is 91.4 cm³/mol. The number of benzene rings is 1. The lowest BCUT2D eigenvalue weighted by atomic mass is 9.89. The van der Waals surface area contributed by atoms with Crippen LogP contribution < -0.4 is 0 Å². The quantitative estimate of drug-likeness (QED) is 0.848. The van der Waals surface area contributed by atoms with E-state index < -0.39 is 11.9 Å². The molecule has 6 nitrogen and oxygen atoms in total. The lowest BCUT2D eigenvalue weighted by Crippen LogP contribution is -2.30. The molecule has 2 aromatic rings. The normalized spacial score (nSPS) is 20.3. The molecule has 0 saturated carbocycles. The van der Waals surface area contributed by atoms with E-state index in [2.05, 4.69) is 21.0 Å². The van der Waals surface area contributed by atoms with E-state index in [0.717, 1.165) is 10.0 Å². The fourth-order valence-corrected chi connectivity index (χ4v) is 3.37. The van der Waals surface area contributed by atoms with Crippen molar-refractivity contribution in [3.63, 3.8) is 0 Å². The van der Waals surface area contributed by atoms with Gasteiger partial charge in [0.1, 0.15) is 0 Å². The lowest BCUT2D eigenvalue weighted by Gasteiger charge is -2.16. The third kappa shape index (κ3) is 3.67. The fraction of sp³-hybridized carbons (Fsp3) is 0.353.